The Morgan fingerprint density at radius 3 is 2.74 bits per heavy atom. The molecule has 39 heavy (non-hydrogen) atoms. The van der Waals surface area contributed by atoms with Gasteiger partial charge in [-0.15, -0.1) is 0 Å². The number of amides is 1. The van der Waals surface area contributed by atoms with Crippen LogP contribution in [0.2, 0.25) is 0 Å². The normalized spacial score (nSPS) is 12.7. The van der Waals surface area contributed by atoms with Gasteiger partial charge in [0.05, 0.1) is 35.4 Å². The van der Waals surface area contributed by atoms with Crippen molar-refractivity contribution in [3.8, 4) is 29.0 Å². The van der Waals surface area contributed by atoms with Gasteiger partial charge in [-0.3, -0.25) is 4.79 Å². The Morgan fingerprint density at radius 2 is 2.00 bits per heavy atom. The van der Waals surface area contributed by atoms with E-state index in [2.05, 4.69) is 21.4 Å². The van der Waals surface area contributed by atoms with E-state index in [9.17, 15) is 9.90 Å². The van der Waals surface area contributed by atoms with Gasteiger partial charge in [0.1, 0.15) is 36.9 Å². The van der Waals surface area contributed by atoms with E-state index in [1.807, 2.05) is 79.7 Å². The summed E-state index contributed by atoms with van der Waals surface area (Å²) in [7, 11) is 3.92. The van der Waals surface area contributed by atoms with Gasteiger partial charge in [-0.1, -0.05) is 24.0 Å². The molecule has 0 aliphatic carbocycles. The molecule has 10 heteroatoms. The number of carbonyl (C=O) groups is 2. The van der Waals surface area contributed by atoms with Crippen LogP contribution in [0.4, 0.5) is 0 Å². The fourth-order valence-corrected chi connectivity index (χ4v) is 4.61. The summed E-state index contributed by atoms with van der Waals surface area (Å²) in [4.78, 5) is 31.9. The summed E-state index contributed by atoms with van der Waals surface area (Å²) in [6, 6.07) is 13.5. The van der Waals surface area contributed by atoms with Crippen LogP contribution in [0.15, 0.2) is 42.5 Å². The number of imidazole rings is 2. The molecule has 4 aromatic rings. The van der Waals surface area contributed by atoms with Crippen LogP contribution in [0.5, 0.6) is 5.75 Å². The molecule has 202 valence electrons. The second-order valence-corrected chi connectivity index (χ2v) is 9.42. The molecule has 1 aliphatic heterocycles. The van der Waals surface area contributed by atoms with Crippen LogP contribution < -0.4 is 10.5 Å². The number of hydrogen-bond acceptors (Lipinski definition) is 7. The Hall–Kier alpha value is -4.46. The highest BCUT2D eigenvalue weighted by Gasteiger charge is 2.26. The van der Waals surface area contributed by atoms with E-state index in [-0.39, 0.29) is 5.69 Å². The fourth-order valence-electron chi connectivity index (χ4n) is 4.61. The zero-order valence-corrected chi connectivity index (χ0v) is 22.3. The van der Waals surface area contributed by atoms with Gasteiger partial charge in [0.15, 0.2) is 5.69 Å². The molecule has 10 nitrogen and oxygen atoms in total. The number of hydrogen-bond donors (Lipinski definition) is 2. The van der Waals surface area contributed by atoms with Crippen molar-refractivity contribution >= 4 is 23.7 Å². The minimum absolute atomic E-state index is 0.232. The predicted molar refractivity (Wildman–Crippen MR) is 148 cm³/mol. The van der Waals surface area contributed by atoms with Gasteiger partial charge in [-0.05, 0) is 57.8 Å². The summed E-state index contributed by atoms with van der Waals surface area (Å²) in [5.74, 6) is 7.50. The minimum atomic E-state index is -0.722. The van der Waals surface area contributed by atoms with E-state index in [1.165, 1.54) is 0 Å². The predicted octanol–water partition coefficient (Wildman–Crippen LogP) is 2.23. The van der Waals surface area contributed by atoms with Gasteiger partial charge in [0.25, 0.3) is 5.91 Å². The third-order valence-electron chi connectivity index (χ3n) is 6.49. The lowest BCUT2D eigenvalue weighted by molar-refractivity contribution is -0.0980. The molecule has 1 atom stereocenters. The second kappa shape index (κ2) is 11.9. The van der Waals surface area contributed by atoms with Crippen molar-refractivity contribution in [1.29, 1.82) is 0 Å². The molecule has 0 spiro atoms. The molecule has 1 amide bonds. The maximum absolute atomic E-state index is 12.5. The van der Waals surface area contributed by atoms with Gasteiger partial charge in [0.2, 0.25) is 0 Å². The average molecular weight is 529 g/mol. The minimum Gasteiger partial charge on any atom is -0.491 e. The number of aryl methyl sites for hydroxylation is 1. The fraction of sp³-hybridized carbons (Fsp3) is 0.310. The number of benzene rings is 2. The Bertz CT molecular complexity index is 1560. The number of carbonyl (C=O) groups excluding carboxylic acids is 2. The van der Waals surface area contributed by atoms with Crippen molar-refractivity contribution < 1.29 is 19.4 Å². The summed E-state index contributed by atoms with van der Waals surface area (Å²) in [5, 5.41) is 10.2. The first-order chi connectivity index (χ1) is 18.8. The molecule has 2 aromatic carbocycles. The number of fused-ring (bicyclic) bond motifs is 4. The topological polar surface area (TPSA) is 128 Å². The molecule has 0 bridgehead atoms. The Morgan fingerprint density at radius 1 is 1.23 bits per heavy atom. The Kier molecular flexibility index (Phi) is 8.44. The van der Waals surface area contributed by atoms with Crippen LogP contribution in [0.25, 0.3) is 22.4 Å². The van der Waals surface area contributed by atoms with E-state index in [1.54, 1.807) is 0 Å². The van der Waals surface area contributed by atoms with Gasteiger partial charge >= 0.3 is 0 Å². The average Bonchev–Trinajstić information content (AvgIpc) is 3.38. The molecule has 1 aliphatic rings. The van der Waals surface area contributed by atoms with Crippen LogP contribution in [-0.2, 0) is 17.9 Å². The van der Waals surface area contributed by atoms with Crippen LogP contribution in [0, 0.1) is 18.8 Å². The van der Waals surface area contributed by atoms with Crippen LogP contribution >= 0.6 is 0 Å². The molecule has 0 saturated heterocycles. The van der Waals surface area contributed by atoms with Gasteiger partial charge in [-0.2, -0.15) is 0 Å². The molecule has 0 radical (unpaired) electrons. The third-order valence-corrected chi connectivity index (χ3v) is 6.49. The number of nitrogens with zero attached hydrogens (tertiary/aromatic N) is 5. The monoisotopic (exact) mass is 528 g/mol. The summed E-state index contributed by atoms with van der Waals surface area (Å²) < 4.78 is 10.1. The molecular formula is C29H32N6O4. The zero-order chi connectivity index (χ0) is 28.1. The van der Waals surface area contributed by atoms with E-state index in [0.29, 0.717) is 43.4 Å². The van der Waals surface area contributed by atoms with Crippen molar-refractivity contribution in [2.45, 2.75) is 32.5 Å². The van der Waals surface area contributed by atoms with Crippen molar-refractivity contribution in [1.82, 2.24) is 24.0 Å². The van der Waals surface area contributed by atoms with Gasteiger partial charge in [0, 0.05) is 12.1 Å². The number of rotatable bonds is 6. The molecule has 5 rings (SSSR count). The van der Waals surface area contributed by atoms with Crippen LogP contribution in [0.3, 0.4) is 0 Å². The summed E-state index contributed by atoms with van der Waals surface area (Å²) >= 11 is 0. The summed E-state index contributed by atoms with van der Waals surface area (Å²) in [6.45, 7) is 6.01. The Balaban J connectivity index is 0.00000172. The maximum atomic E-state index is 12.5. The number of nitrogens with two attached hydrogens (primary N) is 1. The quantitative estimate of drug-likeness (QED) is 0.367. The first-order valence-electron chi connectivity index (χ1n) is 12.5. The zero-order valence-electron chi connectivity index (χ0n) is 22.3. The number of aliphatic hydroxyl groups excluding tert-OH is 1. The van der Waals surface area contributed by atoms with Crippen molar-refractivity contribution in [3.05, 3.63) is 65.2 Å². The largest absolute Gasteiger partial charge is 0.491 e. The van der Waals surface area contributed by atoms with Crippen LogP contribution in [-0.4, -0.2) is 75.2 Å². The molecule has 3 N–H and O–H groups in total. The van der Waals surface area contributed by atoms with Gasteiger partial charge in [-0.25, -0.2) is 9.97 Å². The van der Waals surface area contributed by atoms with Crippen LogP contribution in [0.1, 0.15) is 34.0 Å². The number of para-hydroxylation sites is 2. The molecule has 3 heterocycles. The smallest absolute Gasteiger partial charge is 0.269 e. The molecule has 0 saturated carbocycles. The molecule has 2 aromatic heterocycles. The Labute approximate surface area is 227 Å². The third kappa shape index (κ3) is 5.85. The van der Waals surface area contributed by atoms with Crippen molar-refractivity contribution in [2.75, 3.05) is 27.2 Å². The lowest BCUT2D eigenvalue weighted by Crippen LogP contribution is -2.19. The highest BCUT2D eigenvalue weighted by molar-refractivity contribution is 5.93. The lowest BCUT2D eigenvalue weighted by atomic mass is 10.1. The maximum Gasteiger partial charge on any atom is 0.269 e. The van der Waals surface area contributed by atoms with Crippen molar-refractivity contribution in [3.63, 3.8) is 0 Å². The van der Waals surface area contributed by atoms with Crippen molar-refractivity contribution in [2.24, 2.45) is 5.73 Å². The molecule has 0 fully saturated rings. The van der Waals surface area contributed by atoms with Gasteiger partial charge < -0.3 is 34.4 Å². The van der Waals surface area contributed by atoms with E-state index < -0.39 is 12.0 Å². The summed E-state index contributed by atoms with van der Waals surface area (Å²) in [5.41, 5.74) is 10.1. The van der Waals surface area contributed by atoms with E-state index in [0.717, 1.165) is 34.5 Å². The first kappa shape index (κ1) is 27.6. The standard InChI is InChI=1S/C28H30N6O3.CH2O/c1-18-30-22-6-4-5-7-23(22)34(18)17-24-26(27(29)36)31-28-21-16-19(8-10-20(35)12-13-32(2)3)9-11-25(21)37-15-14-33(24)28;1-2/h4-7,9,11,16,20,35H,12-15,17H2,1-3H3,(H2,29,36);1H2. The number of aliphatic hydroxyl groups is 1. The highest BCUT2D eigenvalue weighted by atomic mass is 16.5. The number of ether oxygens (including phenoxy) is 1. The molecular weight excluding hydrogens is 496 g/mol. The summed E-state index contributed by atoms with van der Waals surface area (Å²) in [6.07, 6.45) is -0.160. The highest BCUT2D eigenvalue weighted by Crippen LogP contribution is 2.35. The first-order valence-corrected chi connectivity index (χ1v) is 12.5. The number of aromatic nitrogens is 4. The second-order valence-electron chi connectivity index (χ2n) is 9.42. The lowest BCUT2D eigenvalue weighted by Gasteiger charge is -2.12. The SMILES string of the molecule is C=O.Cc1nc2ccccc2n1Cc1c(C(N)=O)nc2n1CCOc1ccc(C#CC(O)CCN(C)C)cc1-2. The number of primary amides is 1. The van der Waals surface area contributed by atoms with E-state index in [4.69, 9.17) is 20.2 Å². The van der Waals surface area contributed by atoms with E-state index >= 15 is 0 Å². The molecule has 1 unspecified atom stereocenters.